The molecule has 2 fully saturated rings. The first-order valence-electron chi connectivity index (χ1n) is 9.64. The largest absolute Gasteiger partial charge is 0.495 e. The van der Waals surface area contributed by atoms with Crippen molar-refractivity contribution in [2.24, 2.45) is 0 Å². The molecular formula is C21H26N4O2. The second kappa shape index (κ2) is 7.86. The van der Waals surface area contributed by atoms with Gasteiger partial charge in [0, 0.05) is 45.5 Å². The van der Waals surface area contributed by atoms with Crippen molar-refractivity contribution in [3.63, 3.8) is 0 Å². The van der Waals surface area contributed by atoms with Gasteiger partial charge >= 0.3 is 0 Å². The fourth-order valence-corrected chi connectivity index (χ4v) is 3.87. The number of carbonyl (C=O) groups excluding carboxylic acids is 1. The van der Waals surface area contributed by atoms with Crippen LogP contribution in [0.25, 0.3) is 0 Å². The number of benzene rings is 1. The Morgan fingerprint density at radius 3 is 2.33 bits per heavy atom. The molecule has 2 aliphatic heterocycles. The van der Waals surface area contributed by atoms with E-state index in [0.717, 1.165) is 43.4 Å². The number of aromatic nitrogens is 1. The maximum Gasteiger partial charge on any atom is 0.255 e. The molecule has 0 unspecified atom stereocenters. The minimum atomic E-state index is 0.0650. The van der Waals surface area contributed by atoms with E-state index in [1.165, 1.54) is 12.8 Å². The Morgan fingerprint density at radius 1 is 0.926 bits per heavy atom. The summed E-state index contributed by atoms with van der Waals surface area (Å²) in [7, 11) is 1.69. The molecule has 6 nitrogen and oxygen atoms in total. The summed E-state index contributed by atoms with van der Waals surface area (Å²) in [5, 5.41) is 0. The molecule has 2 aromatic rings. The smallest absolute Gasteiger partial charge is 0.255 e. The van der Waals surface area contributed by atoms with Crippen LogP contribution in [-0.2, 0) is 0 Å². The minimum Gasteiger partial charge on any atom is -0.495 e. The van der Waals surface area contributed by atoms with Gasteiger partial charge in [0.15, 0.2) is 0 Å². The molecule has 0 saturated carbocycles. The molecule has 6 heteroatoms. The summed E-state index contributed by atoms with van der Waals surface area (Å²) in [6.07, 6.45) is 4.17. The molecule has 2 aliphatic rings. The fraction of sp³-hybridized carbons (Fsp3) is 0.429. The van der Waals surface area contributed by atoms with Crippen molar-refractivity contribution in [2.75, 3.05) is 56.2 Å². The maximum atomic E-state index is 12.8. The Balaban J connectivity index is 1.38. The monoisotopic (exact) mass is 366 g/mol. The van der Waals surface area contributed by atoms with E-state index in [4.69, 9.17) is 4.74 Å². The van der Waals surface area contributed by atoms with Crippen LogP contribution in [-0.4, -0.2) is 62.2 Å². The molecule has 0 radical (unpaired) electrons. The van der Waals surface area contributed by atoms with E-state index in [2.05, 4.69) is 20.9 Å². The van der Waals surface area contributed by atoms with Gasteiger partial charge in [-0.25, -0.2) is 4.98 Å². The van der Waals surface area contributed by atoms with Gasteiger partial charge in [-0.05, 0) is 37.1 Å². The number of rotatable bonds is 4. The van der Waals surface area contributed by atoms with Crippen LogP contribution in [0.5, 0.6) is 5.75 Å². The highest BCUT2D eigenvalue weighted by Gasteiger charge is 2.24. The molecule has 1 amide bonds. The van der Waals surface area contributed by atoms with Crippen LogP contribution in [0.15, 0.2) is 42.6 Å². The summed E-state index contributed by atoms with van der Waals surface area (Å²) in [6.45, 7) is 5.11. The molecule has 0 atom stereocenters. The van der Waals surface area contributed by atoms with Gasteiger partial charge in [-0.15, -0.1) is 0 Å². The van der Waals surface area contributed by atoms with Crippen molar-refractivity contribution < 1.29 is 9.53 Å². The predicted molar refractivity (Wildman–Crippen MR) is 107 cm³/mol. The van der Waals surface area contributed by atoms with Gasteiger partial charge in [-0.2, -0.15) is 0 Å². The number of hydrogen-bond donors (Lipinski definition) is 0. The third-order valence-corrected chi connectivity index (χ3v) is 5.42. The lowest BCUT2D eigenvalue weighted by Crippen LogP contribution is -2.48. The van der Waals surface area contributed by atoms with Crippen LogP contribution >= 0.6 is 0 Å². The molecule has 3 heterocycles. The van der Waals surface area contributed by atoms with E-state index in [1.54, 1.807) is 13.3 Å². The Morgan fingerprint density at radius 2 is 1.67 bits per heavy atom. The van der Waals surface area contributed by atoms with Crippen LogP contribution < -0.4 is 14.5 Å². The van der Waals surface area contributed by atoms with E-state index in [-0.39, 0.29) is 5.91 Å². The number of pyridine rings is 1. The quantitative estimate of drug-likeness (QED) is 0.833. The van der Waals surface area contributed by atoms with Crippen molar-refractivity contribution in [3.05, 3.63) is 48.2 Å². The Kier molecular flexibility index (Phi) is 5.14. The van der Waals surface area contributed by atoms with Gasteiger partial charge in [-0.1, -0.05) is 12.1 Å². The summed E-state index contributed by atoms with van der Waals surface area (Å²) < 4.78 is 5.46. The standard InChI is InChI=1S/C21H26N4O2/c1-27-19-7-3-2-6-18(19)23-12-14-25(15-13-23)21(26)17-8-9-20(22-16-17)24-10-4-5-11-24/h2-3,6-9,16H,4-5,10-15H2,1H3. The SMILES string of the molecule is COc1ccccc1N1CCN(C(=O)c2ccc(N3CCCC3)nc2)CC1. The number of ether oxygens (including phenoxy) is 1. The Labute approximate surface area is 160 Å². The fourth-order valence-electron chi connectivity index (χ4n) is 3.87. The van der Waals surface area contributed by atoms with Crippen LogP contribution in [0.4, 0.5) is 11.5 Å². The molecule has 2 saturated heterocycles. The summed E-state index contributed by atoms with van der Waals surface area (Å²) in [5.41, 5.74) is 1.76. The molecule has 4 rings (SSSR count). The summed E-state index contributed by atoms with van der Waals surface area (Å²) in [5.74, 6) is 1.92. The molecule has 1 aromatic carbocycles. The lowest BCUT2D eigenvalue weighted by molar-refractivity contribution is 0.0746. The lowest BCUT2D eigenvalue weighted by atomic mass is 10.2. The van der Waals surface area contributed by atoms with Crippen molar-refractivity contribution in [1.82, 2.24) is 9.88 Å². The van der Waals surface area contributed by atoms with E-state index < -0.39 is 0 Å². The van der Waals surface area contributed by atoms with Crippen molar-refractivity contribution in [3.8, 4) is 5.75 Å². The zero-order valence-corrected chi connectivity index (χ0v) is 15.8. The van der Waals surface area contributed by atoms with Gasteiger partial charge in [0.1, 0.15) is 11.6 Å². The zero-order valence-electron chi connectivity index (χ0n) is 15.8. The van der Waals surface area contributed by atoms with E-state index >= 15 is 0 Å². The van der Waals surface area contributed by atoms with Crippen LogP contribution in [0.2, 0.25) is 0 Å². The minimum absolute atomic E-state index is 0.0650. The molecule has 0 spiro atoms. The second-order valence-electron chi connectivity index (χ2n) is 7.05. The van der Waals surface area contributed by atoms with Crippen molar-refractivity contribution >= 4 is 17.4 Å². The topological polar surface area (TPSA) is 48.9 Å². The third kappa shape index (κ3) is 3.70. The van der Waals surface area contributed by atoms with Crippen molar-refractivity contribution in [2.45, 2.75) is 12.8 Å². The molecular weight excluding hydrogens is 340 g/mol. The van der Waals surface area contributed by atoms with Crippen molar-refractivity contribution in [1.29, 1.82) is 0 Å². The average Bonchev–Trinajstić information content (AvgIpc) is 3.28. The molecule has 142 valence electrons. The van der Waals surface area contributed by atoms with Crippen LogP contribution in [0, 0.1) is 0 Å². The van der Waals surface area contributed by atoms with E-state index in [1.807, 2.05) is 35.2 Å². The maximum absolute atomic E-state index is 12.8. The lowest BCUT2D eigenvalue weighted by Gasteiger charge is -2.36. The first-order valence-corrected chi connectivity index (χ1v) is 9.64. The number of carbonyl (C=O) groups is 1. The van der Waals surface area contributed by atoms with Gasteiger partial charge in [0.05, 0.1) is 18.4 Å². The number of piperazine rings is 1. The molecule has 1 aromatic heterocycles. The van der Waals surface area contributed by atoms with Crippen LogP contribution in [0.3, 0.4) is 0 Å². The normalized spacial score (nSPS) is 17.3. The molecule has 0 aliphatic carbocycles. The highest BCUT2D eigenvalue weighted by atomic mass is 16.5. The first kappa shape index (κ1) is 17.6. The Hall–Kier alpha value is -2.76. The molecule has 0 bridgehead atoms. The molecule has 27 heavy (non-hydrogen) atoms. The predicted octanol–water partition coefficient (Wildman–Crippen LogP) is 2.65. The van der Waals surface area contributed by atoms with E-state index in [9.17, 15) is 4.79 Å². The van der Waals surface area contributed by atoms with Gasteiger partial charge in [0.2, 0.25) is 0 Å². The van der Waals surface area contributed by atoms with Gasteiger partial charge in [0.25, 0.3) is 5.91 Å². The summed E-state index contributed by atoms with van der Waals surface area (Å²) in [6, 6.07) is 11.9. The number of amides is 1. The van der Waals surface area contributed by atoms with Gasteiger partial charge < -0.3 is 19.4 Å². The summed E-state index contributed by atoms with van der Waals surface area (Å²) in [4.78, 5) is 23.8. The number of nitrogens with zero attached hydrogens (tertiary/aromatic N) is 4. The zero-order chi connectivity index (χ0) is 18.6. The van der Waals surface area contributed by atoms with Gasteiger partial charge in [-0.3, -0.25) is 4.79 Å². The number of para-hydroxylation sites is 2. The second-order valence-corrected chi connectivity index (χ2v) is 7.05. The molecule has 0 N–H and O–H groups in total. The number of anilines is 2. The average molecular weight is 366 g/mol. The summed E-state index contributed by atoms with van der Waals surface area (Å²) >= 11 is 0. The van der Waals surface area contributed by atoms with Crippen LogP contribution in [0.1, 0.15) is 23.2 Å². The van der Waals surface area contributed by atoms with E-state index in [0.29, 0.717) is 18.7 Å². The Bertz CT molecular complexity index is 779. The number of hydrogen-bond acceptors (Lipinski definition) is 5. The highest BCUT2D eigenvalue weighted by molar-refractivity contribution is 5.94. The number of methoxy groups -OCH3 is 1. The third-order valence-electron chi connectivity index (χ3n) is 5.42. The highest BCUT2D eigenvalue weighted by Crippen LogP contribution is 2.28. The first-order chi connectivity index (χ1) is 13.3.